The van der Waals surface area contributed by atoms with Gasteiger partial charge in [0, 0.05) is 26.7 Å². The predicted octanol–water partition coefficient (Wildman–Crippen LogP) is 1.87. The van der Waals surface area contributed by atoms with E-state index in [4.69, 9.17) is 4.74 Å². The maximum atomic E-state index is 5.08. The third-order valence-electron chi connectivity index (χ3n) is 2.54. The number of aryl methyl sites for hydroxylation is 2. The summed E-state index contributed by atoms with van der Waals surface area (Å²) in [5, 5.41) is 7.85. The molecule has 1 unspecified atom stereocenters. The molecule has 0 aliphatic rings. The maximum absolute atomic E-state index is 5.08. The molecule has 1 heterocycles. The minimum absolute atomic E-state index is 0.344. The standard InChI is InChI=1S/C11H20BrN3O/c1-5-9-11(12)10(15(3)14-9)6-13-8(2)7-16-4/h8,13H,5-7H2,1-4H3. The van der Waals surface area contributed by atoms with E-state index in [0.717, 1.165) is 29.7 Å². The molecule has 0 aromatic carbocycles. The van der Waals surface area contributed by atoms with Gasteiger partial charge in [-0.2, -0.15) is 5.10 Å². The van der Waals surface area contributed by atoms with E-state index in [-0.39, 0.29) is 0 Å². The molecule has 16 heavy (non-hydrogen) atoms. The van der Waals surface area contributed by atoms with Crippen LogP contribution in [0.5, 0.6) is 0 Å². The Balaban J connectivity index is 2.63. The molecule has 0 saturated carbocycles. The van der Waals surface area contributed by atoms with Gasteiger partial charge in [0.2, 0.25) is 0 Å². The van der Waals surface area contributed by atoms with Crippen molar-refractivity contribution in [1.29, 1.82) is 0 Å². The average molecular weight is 290 g/mol. The highest BCUT2D eigenvalue weighted by atomic mass is 79.9. The summed E-state index contributed by atoms with van der Waals surface area (Å²) in [5.74, 6) is 0. The van der Waals surface area contributed by atoms with Crippen LogP contribution in [-0.2, 0) is 24.8 Å². The molecule has 92 valence electrons. The second kappa shape index (κ2) is 6.37. The normalized spacial score (nSPS) is 13.1. The van der Waals surface area contributed by atoms with Crippen molar-refractivity contribution in [3.63, 3.8) is 0 Å². The van der Waals surface area contributed by atoms with E-state index in [2.05, 4.69) is 40.2 Å². The van der Waals surface area contributed by atoms with Crippen LogP contribution in [0.15, 0.2) is 4.47 Å². The van der Waals surface area contributed by atoms with Crippen molar-refractivity contribution in [2.24, 2.45) is 7.05 Å². The van der Waals surface area contributed by atoms with Gasteiger partial charge in [0.1, 0.15) is 0 Å². The van der Waals surface area contributed by atoms with E-state index >= 15 is 0 Å². The molecule has 0 saturated heterocycles. The number of ether oxygens (including phenoxy) is 1. The fraction of sp³-hybridized carbons (Fsp3) is 0.727. The minimum Gasteiger partial charge on any atom is -0.383 e. The van der Waals surface area contributed by atoms with Crippen LogP contribution in [0, 0.1) is 0 Å². The molecule has 1 N–H and O–H groups in total. The molecule has 0 bridgehead atoms. The van der Waals surface area contributed by atoms with E-state index in [1.54, 1.807) is 7.11 Å². The van der Waals surface area contributed by atoms with Gasteiger partial charge in [-0.25, -0.2) is 0 Å². The van der Waals surface area contributed by atoms with Crippen LogP contribution in [0.4, 0.5) is 0 Å². The topological polar surface area (TPSA) is 39.1 Å². The summed E-state index contributed by atoms with van der Waals surface area (Å²) in [6, 6.07) is 0.344. The van der Waals surface area contributed by atoms with E-state index in [9.17, 15) is 0 Å². The van der Waals surface area contributed by atoms with Gasteiger partial charge in [-0.3, -0.25) is 4.68 Å². The number of methoxy groups -OCH3 is 1. The number of nitrogens with zero attached hydrogens (tertiary/aromatic N) is 2. The first-order chi connectivity index (χ1) is 7.60. The molecule has 0 fully saturated rings. The molecule has 0 spiro atoms. The molecular weight excluding hydrogens is 270 g/mol. The number of hydrogen-bond donors (Lipinski definition) is 1. The third kappa shape index (κ3) is 3.30. The molecule has 1 atom stereocenters. The number of hydrogen-bond acceptors (Lipinski definition) is 3. The zero-order valence-electron chi connectivity index (χ0n) is 10.4. The van der Waals surface area contributed by atoms with Gasteiger partial charge in [0.15, 0.2) is 0 Å². The molecule has 0 aliphatic carbocycles. The van der Waals surface area contributed by atoms with E-state index in [1.165, 1.54) is 5.69 Å². The Morgan fingerprint density at radius 3 is 2.75 bits per heavy atom. The van der Waals surface area contributed by atoms with Crippen molar-refractivity contribution in [3.05, 3.63) is 15.9 Å². The Labute approximate surface area is 105 Å². The van der Waals surface area contributed by atoms with Crippen molar-refractivity contribution >= 4 is 15.9 Å². The van der Waals surface area contributed by atoms with Crippen molar-refractivity contribution in [2.75, 3.05) is 13.7 Å². The number of halogens is 1. The summed E-state index contributed by atoms with van der Waals surface area (Å²) in [5.41, 5.74) is 2.29. The fourth-order valence-corrected chi connectivity index (χ4v) is 2.35. The van der Waals surface area contributed by atoms with Gasteiger partial charge in [-0.15, -0.1) is 0 Å². The third-order valence-corrected chi connectivity index (χ3v) is 3.45. The second-order valence-electron chi connectivity index (χ2n) is 3.92. The van der Waals surface area contributed by atoms with Crippen LogP contribution in [0.25, 0.3) is 0 Å². The van der Waals surface area contributed by atoms with E-state index in [1.807, 2.05) is 11.7 Å². The summed E-state index contributed by atoms with van der Waals surface area (Å²) in [7, 11) is 3.69. The maximum Gasteiger partial charge on any atom is 0.0767 e. The molecule has 0 aliphatic heterocycles. The van der Waals surface area contributed by atoms with Crippen LogP contribution >= 0.6 is 15.9 Å². The highest BCUT2D eigenvalue weighted by Crippen LogP contribution is 2.21. The van der Waals surface area contributed by atoms with E-state index < -0.39 is 0 Å². The van der Waals surface area contributed by atoms with Crippen LogP contribution < -0.4 is 5.32 Å². The van der Waals surface area contributed by atoms with Gasteiger partial charge >= 0.3 is 0 Å². The zero-order valence-corrected chi connectivity index (χ0v) is 12.0. The molecule has 1 aromatic heterocycles. The Hall–Kier alpha value is -0.390. The predicted molar refractivity (Wildman–Crippen MR) is 68.5 cm³/mol. The number of rotatable bonds is 6. The van der Waals surface area contributed by atoms with Gasteiger partial charge in [-0.05, 0) is 29.3 Å². The number of nitrogens with one attached hydrogen (secondary N) is 1. The molecular formula is C11H20BrN3O. The van der Waals surface area contributed by atoms with Crippen molar-refractivity contribution in [3.8, 4) is 0 Å². The van der Waals surface area contributed by atoms with Crippen molar-refractivity contribution < 1.29 is 4.74 Å². The molecule has 4 nitrogen and oxygen atoms in total. The first kappa shape index (κ1) is 13.7. The largest absolute Gasteiger partial charge is 0.383 e. The highest BCUT2D eigenvalue weighted by molar-refractivity contribution is 9.10. The van der Waals surface area contributed by atoms with E-state index in [0.29, 0.717) is 6.04 Å². The van der Waals surface area contributed by atoms with Crippen LogP contribution in [0.3, 0.4) is 0 Å². The summed E-state index contributed by atoms with van der Waals surface area (Å²) in [6.07, 6.45) is 0.946. The lowest BCUT2D eigenvalue weighted by atomic mass is 10.3. The first-order valence-electron chi connectivity index (χ1n) is 5.52. The van der Waals surface area contributed by atoms with Gasteiger partial charge in [0.05, 0.1) is 22.5 Å². The highest BCUT2D eigenvalue weighted by Gasteiger charge is 2.12. The summed E-state index contributed by atoms with van der Waals surface area (Å²) >= 11 is 3.60. The molecule has 0 amide bonds. The first-order valence-corrected chi connectivity index (χ1v) is 6.32. The molecule has 1 aromatic rings. The van der Waals surface area contributed by atoms with Gasteiger partial charge in [0.25, 0.3) is 0 Å². The van der Waals surface area contributed by atoms with Crippen LogP contribution in [0.2, 0.25) is 0 Å². The van der Waals surface area contributed by atoms with Crippen LogP contribution in [0.1, 0.15) is 25.2 Å². The van der Waals surface area contributed by atoms with Crippen molar-refractivity contribution in [2.45, 2.75) is 32.9 Å². The van der Waals surface area contributed by atoms with Gasteiger partial charge < -0.3 is 10.1 Å². The van der Waals surface area contributed by atoms with Crippen molar-refractivity contribution in [1.82, 2.24) is 15.1 Å². The van der Waals surface area contributed by atoms with Gasteiger partial charge in [-0.1, -0.05) is 6.92 Å². The summed E-state index contributed by atoms with van der Waals surface area (Å²) in [4.78, 5) is 0. The van der Waals surface area contributed by atoms with Crippen LogP contribution in [-0.4, -0.2) is 29.5 Å². The Morgan fingerprint density at radius 2 is 2.25 bits per heavy atom. The fourth-order valence-electron chi connectivity index (χ4n) is 1.59. The Kier molecular flexibility index (Phi) is 5.44. The SMILES string of the molecule is CCc1nn(C)c(CNC(C)COC)c1Br. The molecule has 0 radical (unpaired) electrons. The quantitative estimate of drug-likeness (QED) is 0.869. The monoisotopic (exact) mass is 289 g/mol. The summed E-state index contributed by atoms with van der Waals surface area (Å²) < 4.78 is 8.13. The summed E-state index contributed by atoms with van der Waals surface area (Å²) in [6.45, 7) is 5.73. The zero-order chi connectivity index (χ0) is 12.1. The Morgan fingerprint density at radius 1 is 1.56 bits per heavy atom. The lowest BCUT2D eigenvalue weighted by Crippen LogP contribution is -2.30. The lowest BCUT2D eigenvalue weighted by Gasteiger charge is -2.12. The smallest absolute Gasteiger partial charge is 0.0767 e. The molecule has 1 rings (SSSR count). The molecule has 5 heteroatoms. The number of aromatic nitrogens is 2. The second-order valence-corrected chi connectivity index (χ2v) is 4.71. The lowest BCUT2D eigenvalue weighted by molar-refractivity contribution is 0.171. The Bertz CT molecular complexity index is 338. The average Bonchev–Trinajstić information content (AvgIpc) is 2.52. The minimum atomic E-state index is 0.344.